The highest BCUT2D eigenvalue weighted by molar-refractivity contribution is 5.64. The van der Waals surface area contributed by atoms with Crippen LogP contribution in [-0.4, -0.2) is 32.5 Å². The molecule has 0 atom stereocenters. The number of carboxylic acid groups (broad SMARTS) is 1. The van der Waals surface area contributed by atoms with Gasteiger partial charge in [0.2, 0.25) is 0 Å². The van der Waals surface area contributed by atoms with Gasteiger partial charge in [-0.2, -0.15) is 5.10 Å². The van der Waals surface area contributed by atoms with E-state index < -0.39 is 6.09 Å². The van der Waals surface area contributed by atoms with Crippen LogP contribution in [0.2, 0.25) is 0 Å². The lowest BCUT2D eigenvalue weighted by atomic mass is 10.1. The van der Waals surface area contributed by atoms with Crippen LogP contribution in [0.5, 0.6) is 0 Å². The zero-order chi connectivity index (χ0) is 13.0. The standard InChI is InChI=1S/C12H14N4O2/c1-16-8-14-11(15-16)10-4-2-9(3-5-10)6-7-13-12(17)18/h2-5,8,13H,6-7H2,1H3,(H,17,18). The van der Waals surface area contributed by atoms with Crippen molar-refractivity contribution in [2.75, 3.05) is 6.54 Å². The van der Waals surface area contributed by atoms with E-state index in [4.69, 9.17) is 5.11 Å². The van der Waals surface area contributed by atoms with E-state index in [1.54, 1.807) is 11.0 Å². The van der Waals surface area contributed by atoms with Gasteiger partial charge in [-0.15, -0.1) is 0 Å². The zero-order valence-electron chi connectivity index (χ0n) is 10.00. The third-order valence-electron chi connectivity index (χ3n) is 2.50. The van der Waals surface area contributed by atoms with Gasteiger partial charge < -0.3 is 10.4 Å². The molecule has 2 rings (SSSR count). The number of nitrogens with zero attached hydrogens (tertiary/aromatic N) is 3. The Hall–Kier alpha value is -2.37. The van der Waals surface area contributed by atoms with E-state index in [1.165, 1.54) is 0 Å². The van der Waals surface area contributed by atoms with E-state index >= 15 is 0 Å². The molecule has 0 saturated carbocycles. The topological polar surface area (TPSA) is 80.0 Å². The van der Waals surface area contributed by atoms with E-state index in [2.05, 4.69) is 15.4 Å². The number of aryl methyl sites for hydroxylation is 1. The summed E-state index contributed by atoms with van der Waals surface area (Å²) in [6.07, 6.45) is 1.33. The van der Waals surface area contributed by atoms with Crippen molar-refractivity contribution in [3.8, 4) is 11.4 Å². The summed E-state index contributed by atoms with van der Waals surface area (Å²) in [5.41, 5.74) is 2.02. The van der Waals surface area contributed by atoms with Crippen molar-refractivity contribution in [2.45, 2.75) is 6.42 Å². The summed E-state index contributed by atoms with van der Waals surface area (Å²) in [4.78, 5) is 14.5. The average molecular weight is 246 g/mol. The lowest BCUT2D eigenvalue weighted by Crippen LogP contribution is -2.23. The van der Waals surface area contributed by atoms with E-state index in [-0.39, 0.29) is 0 Å². The largest absolute Gasteiger partial charge is 0.465 e. The Kier molecular flexibility index (Phi) is 3.57. The Bertz CT molecular complexity index is 533. The molecule has 2 aromatic rings. The van der Waals surface area contributed by atoms with E-state index in [0.29, 0.717) is 18.8 Å². The number of aromatic nitrogens is 3. The summed E-state index contributed by atoms with van der Waals surface area (Å²) in [5.74, 6) is 0.688. The maximum Gasteiger partial charge on any atom is 0.404 e. The monoisotopic (exact) mass is 246 g/mol. The van der Waals surface area contributed by atoms with Gasteiger partial charge in [0.15, 0.2) is 5.82 Å². The molecule has 0 aliphatic heterocycles. The fourth-order valence-corrected chi connectivity index (χ4v) is 1.61. The third kappa shape index (κ3) is 3.07. The summed E-state index contributed by atoms with van der Waals surface area (Å²) < 4.78 is 1.65. The summed E-state index contributed by atoms with van der Waals surface area (Å²) in [5, 5.41) is 15.0. The molecule has 1 amide bonds. The summed E-state index contributed by atoms with van der Waals surface area (Å²) >= 11 is 0. The van der Waals surface area contributed by atoms with E-state index in [9.17, 15) is 4.79 Å². The Morgan fingerprint density at radius 3 is 2.67 bits per heavy atom. The first-order valence-corrected chi connectivity index (χ1v) is 5.57. The molecule has 0 aliphatic rings. The molecule has 0 saturated heterocycles. The number of hydrogen-bond acceptors (Lipinski definition) is 3. The Morgan fingerprint density at radius 1 is 1.39 bits per heavy atom. The van der Waals surface area contributed by atoms with Crippen LogP contribution in [0.15, 0.2) is 30.6 Å². The minimum atomic E-state index is -0.996. The first-order valence-electron chi connectivity index (χ1n) is 5.57. The third-order valence-corrected chi connectivity index (χ3v) is 2.50. The van der Waals surface area contributed by atoms with Crippen molar-refractivity contribution >= 4 is 6.09 Å². The Morgan fingerprint density at radius 2 is 2.11 bits per heavy atom. The van der Waals surface area contributed by atoms with Crippen LogP contribution in [0.25, 0.3) is 11.4 Å². The van der Waals surface area contributed by atoms with Crippen LogP contribution in [0, 0.1) is 0 Å². The lowest BCUT2D eigenvalue weighted by molar-refractivity contribution is 0.194. The van der Waals surface area contributed by atoms with Crippen LogP contribution in [-0.2, 0) is 13.5 Å². The highest BCUT2D eigenvalue weighted by Gasteiger charge is 2.03. The van der Waals surface area contributed by atoms with E-state index in [0.717, 1.165) is 11.1 Å². The van der Waals surface area contributed by atoms with Crippen molar-refractivity contribution in [1.29, 1.82) is 0 Å². The summed E-state index contributed by atoms with van der Waals surface area (Å²) in [6.45, 7) is 0.413. The normalized spacial score (nSPS) is 10.3. The molecule has 0 bridgehead atoms. The number of amides is 1. The van der Waals surface area contributed by atoms with Gasteiger partial charge in [-0.05, 0) is 12.0 Å². The highest BCUT2D eigenvalue weighted by Crippen LogP contribution is 2.14. The molecular formula is C12H14N4O2. The maximum atomic E-state index is 10.3. The van der Waals surface area contributed by atoms with Crippen molar-refractivity contribution in [1.82, 2.24) is 20.1 Å². The summed E-state index contributed by atoms with van der Waals surface area (Å²) in [7, 11) is 1.82. The molecule has 0 aliphatic carbocycles. The number of rotatable bonds is 4. The molecule has 6 nitrogen and oxygen atoms in total. The van der Waals surface area contributed by atoms with Crippen LogP contribution in [0.4, 0.5) is 4.79 Å². The molecule has 0 unspecified atom stereocenters. The molecule has 18 heavy (non-hydrogen) atoms. The minimum absolute atomic E-state index is 0.413. The number of nitrogens with one attached hydrogen (secondary N) is 1. The SMILES string of the molecule is Cn1cnc(-c2ccc(CCNC(=O)O)cc2)n1. The molecule has 1 heterocycles. The predicted molar refractivity (Wildman–Crippen MR) is 66.2 cm³/mol. The van der Waals surface area contributed by atoms with Crippen molar-refractivity contribution in [2.24, 2.45) is 7.05 Å². The van der Waals surface area contributed by atoms with E-state index in [1.807, 2.05) is 31.3 Å². The Balaban J connectivity index is 1.99. The van der Waals surface area contributed by atoms with Crippen molar-refractivity contribution in [3.05, 3.63) is 36.2 Å². The number of carbonyl (C=O) groups is 1. The van der Waals surface area contributed by atoms with Crippen LogP contribution in [0.1, 0.15) is 5.56 Å². The molecule has 0 fully saturated rings. The van der Waals surface area contributed by atoms with Gasteiger partial charge in [-0.1, -0.05) is 24.3 Å². The van der Waals surface area contributed by atoms with Gasteiger partial charge in [0, 0.05) is 19.2 Å². The Labute approximate surface area is 104 Å². The second kappa shape index (κ2) is 5.31. The first kappa shape index (κ1) is 12.1. The molecular weight excluding hydrogens is 232 g/mol. The fraction of sp³-hybridized carbons (Fsp3) is 0.250. The average Bonchev–Trinajstić information content (AvgIpc) is 2.76. The number of benzene rings is 1. The predicted octanol–water partition coefficient (Wildman–Crippen LogP) is 1.29. The summed E-state index contributed by atoms with van der Waals surface area (Å²) in [6, 6.07) is 7.78. The zero-order valence-corrected chi connectivity index (χ0v) is 10.00. The second-order valence-corrected chi connectivity index (χ2v) is 3.92. The lowest BCUT2D eigenvalue weighted by Gasteiger charge is -2.02. The van der Waals surface area contributed by atoms with Gasteiger partial charge in [0.05, 0.1) is 0 Å². The van der Waals surface area contributed by atoms with Gasteiger partial charge in [-0.25, -0.2) is 9.78 Å². The van der Waals surface area contributed by atoms with Crippen molar-refractivity contribution in [3.63, 3.8) is 0 Å². The van der Waals surface area contributed by atoms with Gasteiger partial charge >= 0.3 is 6.09 Å². The van der Waals surface area contributed by atoms with Crippen molar-refractivity contribution < 1.29 is 9.90 Å². The fourth-order valence-electron chi connectivity index (χ4n) is 1.61. The van der Waals surface area contributed by atoms with Gasteiger partial charge in [-0.3, -0.25) is 4.68 Å². The van der Waals surface area contributed by atoms with Gasteiger partial charge in [0.1, 0.15) is 6.33 Å². The smallest absolute Gasteiger partial charge is 0.404 e. The molecule has 0 spiro atoms. The van der Waals surface area contributed by atoms with Crippen LogP contribution in [0.3, 0.4) is 0 Å². The van der Waals surface area contributed by atoms with Crippen LogP contribution < -0.4 is 5.32 Å². The minimum Gasteiger partial charge on any atom is -0.465 e. The first-order chi connectivity index (χ1) is 8.65. The van der Waals surface area contributed by atoms with Crippen LogP contribution >= 0.6 is 0 Å². The van der Waals surface area contributed by atoms with Gasteiger partial charge in [0.25, 0.3) is 0 Å². The quantitative estimate of drug-likeness (QED) is 0.852. The molecule has 94 valence electrons. The highest BCUT2D eigenvalue weighted by atomic mass is 16.4. The maximum absolute atomic E-state index is 10.3. The number of hydrogen-bond donors (Lipinski definition) is 2. The molecule has 6 heteroatoms. The molecule has 0 radical (unpaired) electrons. The molecule has 1 aromatic heterocycles. The molecule has 1 aromatic carbocycles. The molecule has 2 N–H and O–H groups in total. The second-order valence-electron chi connectivity index (χ2n) is 3.92.